The maximum Gasteiger partial charge on any atom is 0.307 e. The second-order valence-electron chi connectivity index (χ2n) is 5.98. The summed E-state index contributed by atoms with van der Waals surface area (Å²) < 4.78 is 5.34. The van der Waals surface area contributed by atoms with Crippen molar-refractivity contribution in [1.82, 2.24) is 4.90 Å². The van der Waals surface area contributed by atoms with Crippen LogP contribution in [0.4, 0.5) is 0 Å². The zero-order valence-corrected chi connectivity index (χ0v) is 13.1. The summed E-state index contributed by atoms with van der Waals surface area (Å²) >= 11 is 0. The molecule has 1 atom stereocenters. The molecular formula is C15H31NO2. The predicted molar refractivity (Wildman–Crippen MR) is 76.7 cm³/mol. The van der Waals surface area contributed by atoms with Gasteiger partial charge in [-0.2, -0.15) is 0 Å². The third kappa shape index (κ3) is 8.51. The molecule has 0 heterocycles. The number of esters is 1. The maximum absolute atomic E-state index is 11.7. The topological polar surface area (TPSA) is 29.5 Å². The molecule has 0 spiro atoms. The lowest BCUT2D eigenvalue weighted by atomic mass is 10.1. The minimum Gasteiger partial charge on any atom is -0.460 e. The van der Waals surface area contributed by atoms with Crippen LogP contribution in [0.3, 0.4) is 0 Å². The van der Waals surface area contributed by atoms with E-state index in [2.05, 4.69) is 25.7 Å². The maximum atomic E-state index is 11.7. The van der Waals surface area contributed by atoms with E-state index in [9.17, 15) is 4.79 Å². The molecule has 3 heteroatoms. The monoisotopic (exact) mass is 257 g/mol. The zero-order valence-electron chi connectivity index (χ0n) is 13.1. The number of nitrogens with zero attached hydrogens (tertiary/aromatic N) is 1. The minimum atomic E-state index is -0.373. The van der Waals surface area contributed by atoms with Crippen LogP contribution in [0.15, 0.2) is 0 Å². The van der Waals surface area contributed by atoms with Gasteiger partial charge in [0.2, 0.25) is 0 Å². The first-order chi connectivity index (χ1) is 8.30. The molecule has 0 rings (SSSR count). The van der Waals surface area contributed by atoms with E-state index in [0.29, 0.717) is 12.5 Å². The average molecular weight is 257 g/mol. The van der Waals surface area contributed by atoms with E-state index in [0.717, 1.165) is 19.5 Å². The lowest BCUT2D eigenvalue weighted by Crippen LogP contribution is -2.36. The van der Waals surface area contributed by atoms with Crippen LogP contribution in [-0.2, 0) is 9.53 Å². The van der Waals surface area contributed by atoms with E-state index in [1.54, 1.807) is 0 Å². The summed E-state index contributed by atoms with van der Waals surface area (Å²) in [5.41, 5.74) is -0.373. The van der Waals surface area contributed by atoms with E-state index in [1.165, 1.54) is 12.8 Å². The molecule has 0 aliphatic rings. The van der Waals surface area contributed by atoms with E-state index in [-0.39, 0.29) is 11.6 Å². The minimum absolute atomic E-state index is 0.0905. The van der Waals surface area contributed by atoms with E-state index in [4.69, 9.17) is 4.74 Å². The first-order valence-electron chi connectivity index (χ1n) is 7.26. The van der Waals surface area contributed by atoms with Gasteiger partial charge in [-0.1, -0.05) is 20.3 Å². The Hall–Kier alpha value is -0.570. The highest BCUT2D eigenvalue weighted by atomic mass is 16.6. The number of hydrogen-bond acceptors (Lipinski definition) is 3. The summed E-state index contributed by atoms with van der Waals surface area (Å²) in [7, 11) is 0. The molecule has 18 heavy (non-hydrogen) atoms. The van der Waals surface area contributed by atoms with Crippen molar-refractivity contribution < 1.29 is 9.53 Å². The van der Waals surface area contributed by atoms with Crippen molar-refractivity contribution >= 4 is 5.97 Å². The number of unbranched alkanes of at least 4 members (excludes halogenated alkanes) is 1. The lowest BCUT2D eigenvalue weighted by Gasteiger charge is -2.28. The third-order valence-electron chi connectivity index (χ3n) is 3.04. The van der Waals surface area contributed by atoms with Crippen molar-refractivity contribution in [3.63, 3.8) is 0 Å². The molecule has 0 saturated carbocycles. The Balaban J connectivity index is 4.13. The van der Waals surface area contributed by atoms with E-state index >= 15 is 0 Å². The van der Waals surface area contributed by atoms with Crippen LogP contribution < -0.4 is 0 Å². The first kappa shape index (κ1) is 17.4. The van der Waals surface area contributed by atoms with Gasteiger partial charge in [0.15, 0.2) is 0 Å². The Bertz CT molecular complexity index is 233. The Morgan fingerprint density at radius 2 is 1.83 bits per heavy atom. The lowest BCUT2D eigenvalue weighted by molar-refractivity contribution is -0.155. The molecule has 1 unspecified atom stereocenters. The molecular weight excluding hydrogens is 226 g/mol. The Morgan fingerprint density at radius 1 is 1.22 bits per heavy atom. The van der Waals surface area contributed by atoms with Gasteiger partial charge in [-0.15, -0.1) is 0 Å². The van der Waals surface area contributed by atoms with Crippen LogP contribution in [0.1, 0.15) is 67.2 Å². The highest BCUT2D eigenvalue weighted by Crippen LogP contribution is 2.11. The SMILES string of the molecule is CCCCN(CCC(=O)OC(C)(C)C)C(C)CC. The second-order valence-corrected chi connectivity index (χ2v) is 5.98. The first-order valence-corrected chi connectivity index (χ1v) is 7.26. The van der Waals surface area contributed by atoms with Crippen LogP contribution in [0, 0.1) is 0 Å². The van der Waals surface area contributed by atoms with Gasteiger partial charge in [-0.25, -0.2) is 0 Å². The summed E-state index contributed by atoms with van der Waals surface area (Å²) in [4.78, 5) is 14.1. The average Bonchev–Trinajstić information content (AvgIpc) is 2.26. The number of hydrogen-bond donors (Lipinski definition) is 0. The number of rotatable bonds is 8. The van der Waals surface area contributed by atoms with Crippen LogP contribution >= 0.6 is 0 Å². The predicted octanol–water partition coefficient (Wildman–Crippen LogP) is 3.62. The smallest absolute Gasteiger partial charge is 0.307 e. The summed E-state index contributed by atoms with van der Waals surface area (Å²) in [6.07, 6.45) is 4.00. The van der Waals surface area contributed by atoms with Crippen molar-refractivity contribution in [2.24, 2.45) is 0 Å². The fraction of sp³-hybridized carbons (Fsp3) is 0.933. The van der Waals surface area contributed by atoms with Gasteiger partial charge in [0.05, 0.1) is 6.42 Å². The van der Waals surface area contributed by atoms with Crippen molar-refractivity contribution in [3.8, 4) is 0 Å². The fourth-order valence-electron chi connectivity index (χ4n) is 1.80. The summed E-state index contributed by atoms with van der Waals surface area (Å²) in [6, 6.07) is 0.541. The highest BCUT2D eigenvalue weighted by Gasteiger charge is 2.18. The standard InChI is InChI=1S/C15H31NO2/c1-7-9-11-16(13(3)8-2)12-10-14(17)18-15(4,5)6/h13H,7-12H2,1-6H3. The fourth-order valence-corrected chi connectivity index (χ4v) is 1.80. The number of carbonyl (C=O) groups is 1. The van der Waals surface area contributed by atoms with E-state index in [1.807, 2.05) is 20.8 Å². The molecule has 0 amide bonds. The molecule has 0 N–H and O–H groups in total. The number of carbonyl (C=O) groups excluding carboxylic acids is 1. The molecule has 0 radical (unpaired) electrons. The molecule has 0 bridgehead atoms. The van der Waals surface area contributed by atoms with Gasteiger partial charge in [-0.3, -0.25) is 4.79 Å². The van der Waals surface area contributed by atoms with Crippen molar-refractivity contribution in [3.05, 3.63) is 0 Å². The number of ether oxygens (including phenoxy) is 1. The van der Waals surface area contributed by atoms with Gasteiger partial charge in [0.25, 0.3) is 0 Å². The van der Waals surface area contributed by atoms with Gasteiger partial charge < -0.3 is 9.64 Å². The molecule has 0 aromatic carbocycles. The highest BCUT2D eigenvalue weighted by molar-refractivity contribution is 5.70. The van der Waals surface area contributed by atoms with Crippen LogP contribution in [0.5, 0.6) is 0 Å². The van der Waals surface area contributed by atoms with Crippen molar-refractivity contribution in [1.29, 1.82) is 0 Å². The van der Waals surface area contributed by atoms with Gasteiger partial charge in [-0.05, 0) is 47.1 Å². The van der Waals surface area contributed by atoms with Gasteiger partial charge >= 0.3 is 5.97 Å². The van der Waals surface area contributed by atoms with Crippen molar-refractivity contribution in [2.75, 3.05) is 13.1 Å². The van der Waals surface area contributed by atoms with Gasteiger partial charge in [0.1, 0.15) is 5.60 Å². The summed E-state index contributed by atoms with van der Waals surface area (Å²) in [5.74, 6) is -0.0905. The Labute approximate surface area is 113 Å². The van der Waals surface area contributed by atoms with E-state index < -0.39 is 0 Å². The zero-order chi connectivity index (χ0) is 14.2. The van der Waals surface area contributed by atoms with Crippen LogP contribution in [0.2, 0.25) is 0 Å². The van der Waals surface area contributed by atoms with Crippen LogP contribution in [-0.4, -0.2) is 35.6 Å². The molecule has 0 aliphatic heterocycles. The molecule has 3 nitrogen and oxygen atoms in total. The molecule has 108 valence electrons. The summed E-state index contributed by atoms with van der Waals surface area (Å²) in [5, 5.41) is 0. The molecule has 0 aromatic rings. The normalized spacial score (nSPS) is 13.7. The molecule has 0 saturated heterocycles. The van der Waals surface area contributed by atoms with Crippen molar-refractivity contribution in [2.45, 2.75) is 78.9 Å². The Morgan fingerprint density at radius 3 is 2.28 bits per heavy atom. The molecule has 0 aliphatic carbocycles. The second kappa shape index (κ2) is 8.52. The summed E-state index contributed by atoms with van der Waals surface area (Å²) in [6.45, 7) is 14.2. The third-order valence-corrected chi connectivity index (χ3v) is 3.04. The van der Waals surface area contributed by atoms with Crippen LogP contribution in [0.25, 0.3) is 0 Å². The quantitative estimate of drug-likeness (QED) is 0.622. The Kier molecular flexibility index (Phi) is 8.25. The van der Waals surface area contributed by atoms with Gasteiger partial charge in [0, 0.05) is 12.6 Å². The molecule has 0 fully saturated rings. The largest absolute Gasteiger partial charge is 0.460 e. The molecule has 0 aromatic heterocycles.